The first-order valence-corrected chi connectivity index (χ1v) is 9.60. The fourth-order valence-corrected chi connectivity index (χ4v) is 3.64. The van der Waals surface area contributed by atoms with E-state index in [1.807, 2.05) is 31.2 Å². The Balaban J connectivity index is 1.59. The van der Waals surface area contributed by atoms with Crippen molar-refractivity contribution in [1.82, 2.24) is 0 Å². The number of hydrogen-bond acceptors (Lipinski definition) is 2. The summed E-state index contributed by atoms with van der Waals surface area (Å²) < 4.78 is 13.8. The number of hydrogen-bond donors (Lipinski definition) is 1. The Morgan fingerprint density at radius 3 is 2.59 bits per heavy atom. The maximum absolute atomic E-state index is 13.8. The van der Waals surface area contributed by atoms with Crippen LogP contribution in [0.25, 0.3) is 0 Å². The third-order valence-electron chi connectivity index (χ3n) is 5.09. The van der Waals surface area contributed by atoms with Crippen LogP contribution in [0, 0.1) is 12.7 Å². The number of nitrogens with one attached hydrogen (secondary N) is 1. The van der Waals surface area contributed by atoms with Gasteiger partial charge in [-0.1, -0.05) is 29.8 Å². The van der Waals surface area contributed by atoms with Crippen LogP contribution in [-0.2, 0) is 6.42 Å². The van der Waals surface area contributed by atoms with Gasteiger partial charge in [-0.25, -0.2) is 4.39 Å². The molecule has 0 spiro atoms. The molecule has 1 heterocycles. The molecule has 0 aliphatic carbocycles. The van der Waals surface area contributed by atoms with E-state index in [1.54, 1.807) is 35.2 Å². The Bertz CT molecular complexity index is 1090. The summed E-state index contributed by atoms with van der Waals surface area (Å²) in [5, 5.41) is 2.60. The molecule has 5 heteroatoms. The SMILES string of the molecule is Cc1cccc(C(=O)N2CCCc3cc(C(=O)Nc4ccccc4F)ccc32)c1. The average molecular weight is 388 g/mol. The molecular weight excluding hydrogens is 367 g/mol. The molecule has 1 N–H and O–H groups in total. The highest BCUT2D eigenvalue weighted by Crippen LogP contribution is 2.30. The number of benzene rings is 3. The quantitative estimate of drug-likeness (QED) is 0.688. The fraction of sp³-hybridized carbons (Fsp3) is 0.167. The van der Waals surface area contributed by atoms with Crippen LogP contribution < -0.4 is 10.2 Å². The first kappa shape index (κ1) is 18.9. The van der Waals surface area contributed by atoms with Gasteiger partial charge in [0.2, 0.25) is 0 Å². The van der Waals surface area contributed by atoms with E-state index < -0.39 is 5.82 Å². The van der Waals surface area contributed by atoms with Crippen LogP contribution in [0.5, 0.6) is 0 Å². The van der Waals surface area contributed by atoms with Crippen molar-refractivity contribution in [3.05, 3.63) is 94.8 Å². The number of fused-ring (bicyclic) bond motifs is 1. The van der Waals surface area contributed by atoms with Gasteiger partial charge in [0, 0.05) is 23.4 Å². The molecule has 2 amide bonds. The summed E-state index contributed by atoms with van der Waals surface area (Å²) in [7, 11) is 0. The van der Waals surface area contributed by atoms with E-state index in [0.29, 0.717) is 17.7 Å². The van der Waals surface area contributed by atoms with Crippen molar-refractivity contribution < 1.29 is 14.0 Å². The normalized spacial score (nSPS) is 13.0. The minimum atomic E-state index is -0.478. The third-order valence-corrected chi connectivity index (χ3v) is 5.09. The molecule has 0 bridgehead atoms. The van der Waals surface area contributed by atoms with Crippen LogP contribution in [0.3, 0.4) is 0 Å². The van der Waals surface area contributed by atoms with Crippen molar-refractivity contribution in [2.24, 2.45) is 0 Å². The Labute approximate surface area is 169 Å². The van der Waals surface area contributed by atoms with Gasteiger partial charge in [-0.2, -0.15) is 0 Å². The van der Waals surface area contributed by atoms with E-state index in [9.17, 15) is 14.0 Å². The average Bonchev–Trinajstić information content (AvgIpc) is 2.74. The van der Waals surface area contributed by atoms with Gasteiger partial charge in [-0.05, 0) is 67.8 Å². The molecular formula is C24H21FN2O2. The van der Waals surface area contributed by atoms with Crippen molar-refractivity contribution >= 4 is 23.2 Å². The lowest BCUT2D eigenvalue weighted by Crippen LogP contribution is -2.35. The van der Waals surface area contributed by atoms with Crippen LogP contribution >= 0.6 is 0 Å². The fourth-order valence-electron chi connectivity index (χ4n) is 3.64. The molecule has 146 valence electrons. The maximum Gasteiger partial charge on any atom is 0.258 e. The topological polar surface area (TPSA) is 49.4 Å². The van der Waals surface area contributed by atoms with E-state index in [2.05, 4.69) is 5.32 Å². The highest BCUT2D eigenvalue weighted by molar-refractivity contribution is 6.08. The van der Waals surface area contributed by atoms with Gasteiger partial charge in [0.15, 0.2) is 0 Å². The summed E-state index contributed by atoms with van der Waals surface area (Å²) in [5.41, 5.74) is 4.04. The minimum absolute atomic E-state index is 0.0433. The molecule has 0 aromatic heterocycles. The van der Waals surface area contributed by atoms with Crippen molar-refractivity contribution in [3.63, 3.8) is 0 Å². The summed E-state index contributed by atoms with van der Waals surface area (Å²) >= 11 is 0. The minimum Gasteiger partial charge on any atom is -0.319 e. The Kier molecular flexibility index (Phi) is 5.12. The summed E-state index contributed by atoms with van der Waals surface area (Å²) in [6, 6.07) is 18.9. The van der Waals surface area contributed by atoms with Crippen molar-refractivity contribution in [3.8, 4) is 0 Å². The summed E-state index contributed by atoms with van der Waals surface area (Å²) in [4.78, 5) is 27.4. The second-order valence-electron chi connectivity index (χ2n) is 7.21. The van der Waals surface area contributed by atoms with E-state index in [1.165, 1.54) is 12.1 Å². The number of halogens is 1. The summed E-state index contributed by atoms with van der Waals surface area (Å²) in [6.07, 6.45) is 1.61. The Hall–Kier alpha value is -3.47. The molecule has 0 radical (unpaired) electrons. The number of carbonyl (C=O) groups excluding carboxylic acids is 2. The van der Waals surface area contributed by atoms with Crippen LogP contribution in [0.2, 0.25) is 0 Å². The smallest absolute Gasteiger partial charge is 0.258 e. The van der Waals surface area contributed by atoms with Crippen LogP contribution in [-0.4, -0.2) is 18.4 Å². The van der Waals surface area contributed by atoms with Gasteiger partial charge >= 0.3 is 0 Å². The lowest BCUT2D eigenvalue weighted by atomic mass is 9.98. The highest BCUT2D eigenvalue weighted by atomic mass is 19.1. The lowest BCUT2D eigenvalue weighted by Gasteiger charge is -2.30. The van der Waals surface area contributed by atoms with Gasteiger partial charge < -0.3 is 10.2 Å². The molecule has 0 atom stereocenters. The lowest BCUT2D eigenvalue weighted by molar-refractivity contribution is 0.0984. The van der Waals surface area contributed by atoms with Crippen molar-refractivity contribution in [2.45, 2.75) is 19.8 Å². The predicted molar refractivity (Wildman–Crippen MR) is 112 cm³/mol. The summed E-state index contributed by atoms with van der Waals surface area (Å²) in [6.45, 7) is 2.60. The molecule has 3 aromatic rings. The zero-order valence-corrected chi connectivity index (χ0v) is 16.1. The molecule has 0 unspecified atom stereocenters. The van der Waals surface area contributed by atoms with Gasteiger partial charge in [-0.15, -0.1) is 0 Å². The second kappa shape index (κ2) is 7.87. The third kappa shape index (κ3) is 3.90. The molecule has 0 saturated heterocycles. The van der Waals surface area contributed by atoms with Gasteiger partial charge in [0.1, 0.15) is 5.82 Å². The summed E-state index contributed by atoms with van der Waals surface area (Å²) in [5.74, 6) is -0.896. The number of rotatable bonds is 3. The number of para-hydroxylation sites is 1. The first-order chi connectivity index (χ1) is 14.0. The van der Waals surface area contributed by atoms with Crippen LogP contribution in [0.4, 0.5) is 15.8 Å². The van der Waals surface area contributed by atoms with Gasteiger partial charge in [-0.3, -0.25) is 9.59 Å². The number of aryl methyl sites for hydroxylation is 2. The Morgan fingerprint density at radius 2 is 1.79 bits per heavy atom. The van der Waals surface area contributed by atoms with Gasteiger partial charge in [0.05, 0.1) is 5.69 Å². The number of amides is 2. The van der Waals surface area contributed by atoms with E-state index in [-0.39, 0.29) is 17.5 Å². The molecule has 0 saturated carbocycles. The molecule has 29 heavy (non-hydrogen) atoms. The standard InChI is InChI=1S/C24H21FN2O2/c1-16-6-4-7-19(14-16)24(29)27-13-5-8-17-15-18(11-12-22(17)27)23(28)26-21-10-3-2-9-20(21)25/h2-4,6-7,9-12,14-15H,5,8,13H2,1H3,(H,26,28). The van der Waals surface area contributed by atoms with Crippen molar-refractivity contribution in [1.29, 1.82) is 0 Å². The van der Waals surface area contributed by atoms with E-state index >= 15 is 0 Å². The molecule has 4 rings (SSSR count). The zero-order valence-electron chi connectivity index (χ0n) is 16.1. The number of anilines is 2. The molecule has 4 nitrogen and oxygen atoms in total. The van der Waals surface area contributed by atoms with Crippen molar-refractivity contribution in [2.75, 3.05) is 16.8 Å². The highest BCUT2D eigenvalue weighted by Gasteiger charge is 2.24. The maximum atomic E-state index is 13.8. The molecule has 3 aromatic carbocycles. The number of nitrogens with zero attached hydrogens (tertiary/aromatic N) is 1. The predicted octanol–water partition coefficient (Wildman–Crippen LogP) is 4.98. The molecule has 0 fully saturated rings. The monoisotopic (exact) mass is 388 g/mol. The van der Waals surface area contributed by atoms with E-state index in [0.717, 1.165) is 29.7 Å². The first-order valence-electron chi connectivity index (χ1n) is 9.60. The van der Waals surface area contributed by atoms with Crippen LogP contribution in [0.15, 0.2) is 66.7 Å². The zero-order chi connectivity index (χ0) is 20.4. The van der Waals surface area contributed by atoms with Gasteiger partial charge in [0.25, 0.3) is 11.8 Å². The Morgan fingerprint density at radius 1 is 0.966 bits per heavy atom. The second-order valence-corrected chi connectivity index (χ2v) is 7.21. The largest absolute Gasteiger partial charge is 0.319 e. The number of carbonyl (C=O) groups is 2. The molecule has 1 aliphatic heterocycles. The van der Waals surface area contributed by atoms with E-state index in [4.69, 9.17) is 0 Å². The molecule has 1 aliphatic rings. The van der Waals surface area contributed by atoms with Crippen LogP contribution in [0.1, 0.15) is 38.3 Å².